The number of nitrogens with one attached hydrogen (secondary N) is 1. The quantitative estimate of drug-likeness (QED) is 0.921. The van der Waals surface area contributed by atoms with Crippen molar-refractivity contribution in [3.63, 3.8) is 0 Å². The Morgan fingerprint density at radius 2 is 2.22 bits per heavy atom. The maximum absolute atomic E-state index is 11.9. The third-order valence-corrected chi connectivity index (χ3v) is 3.45. The smallest absolute Gasteiger partial charge is 0.256 e. The van der Waals surface area contributed by atoms with Gasteiger partial charge in [-0.15, -0.1) is 0 Å². The summed E-state index contributed by atoms with van der Waals surface area (Å²) in [6, 6.07) is 8.38. The molecule has 18 heavy (non-hydrogen) atoms. The highest BCUT2D eigenvalue weighted by molar-refractivity contribution is 7.11. The second-order valence-corrected chi connectivity index (χ2v) is 4.82. The molecule has 7 heteroatoms. The second-order valence-electron chi connectivity index (χ2n) is 3.25. The van der Waals surface area contributed by atoms with E-state index in [1.165, 1.54) is 6.07 Å². The summed E-state index contributed by atoms with van der Waals surface area (Å²) in [5.41, 5.74) is 0.563. The fourth-order valence-corrected chi connectivity index (χ4v) is 2.38. The standard InChI is InChI=1S/C11H5Cl2N3OS/c12-7-3-1-2-6(4-7)10(17)15-11-8(5-14)9(13)16-18-11/h1-4H,(H,15,17). The van der Waals surface area contributed by atoms with Gasteiger partial charge >= 0.3 is 0 Å². The van der Waals surface area contributed by atoms with Crippen LogP contribution < -0.4 is 5.32 Å². The predicted octanol–water partition coefficient (Wildman–Crippen LogP) is 3.57. The van der Waals surface area contributed by atoms with Crippen LogP contribution in [0.15, 0.2) is 24.3 Å². The summed E-state index contributed by atoms with van der Waals surface area (Å²) in [5, 5.41) is 12.3. The predicted molar refractivity (Wildman–Crippen MR) is 71.2 cm³/mol. The molecule has 2 rings (SSSR count). The van der Waals surface area contributed by atoms with Crippen LogP contribution in [0.25, 0.3) is 0 Å². The van der Waals surface area contributed by atoms with E-state index in [0.29, 0.717) is 15.6 Å². The minimum absolute atomic E-state index is 0.0869. The molecule has 0 bridgehead atoms. The Morgan fingerprint density at radius 1 is 1.44 bits per heavy atom. The third kappa shape index (κ3) is 2.62. The van der Waals surface area contributed by atoms with Gasteiger partial charge in [0.05, 0.1) is 0 Å². The molecular formula is C11H5Cl2N3OS. The average Bonchev–Trinajstić information content (AvgIpc) is 2.69. The molecule has 2 aromatic rings. The number of halogens is 2. The van der Waals surface area contributed by atoms with Gasteiger partial charge in [-0.3, -0.25) is 4.79 Å². The lowest BCUT2D eigenvalue weighted by molar-refractivity contribution is 0.102. The first-order valence-corrected chi connectivity index (χ1v) is 6.27. The number of rotatable bonds is 2. The van der Waals surface area contributed by atoms with Gasteiger partial charge in [0.15, 0.2) is 5.15 Å². The molecule has 1 aromatic carbocycles. The molecule has 1 N–H and O–H groups in total. The Morgan fingerprint density at radius 3 is 2.89 bits per heavy atom. The molecule has 0 unspecified atom stereocenters. The number of nitriles is 1. The monoisotopic (exact) mass is 297 g/mol. The lowest BCUT2D eigenvalue weighted by Crippen LogP contribution is -2.11. The number of amides is 1. The van der Waals surface area contributed by atoms with E-state index in [1.807, 2.05) is 6.07 Å². The van der Waals surface area contributed by atoms with Gasteiger partial charge < -0.3 is 5.32 Å². The minimum Gasteiger partial charge on any atom is -0.311 e. The van der Waals surface area contributed by atoms with Crippen molar-refractivity contribution in [1.82, 2.24) is 4.37 Å². The van der Waals surface area contributed by atoms with Crippen LogP contribution in [-0.2, 0) is 0 Å². The van der Waals surface area contributed by atoms with Crippen LogP contribution in [0.5, 0.6) is 0 Å². The molecule has 0 radical (unpaired) electrons. The Bertz CT molecular complexity index is 648. The van der Waals surface area contributed by atoms with Crippen molar-refractivity contribution in [2.75, 3.05) is 5.32 Å². The van der Waals surface area contributed by atoms with E-state index in [4.69, 9.17) is 28.5 Å². The van der Waals surface area contributed by atoms with Gasteiger partial charge in [-0.1, -0.05) is 29.3 Å². The van der Waals surface area contributed by atoms with Crippen LogP contribution in [0.4, 0.5) is 5.00 Å². The first-order valence-electron chi connectivity index (χ1n) is 4.74. The van der Waals surface area contributed by atoms with Gasteiger partial charge in [0.25, 0.3) is 5.91 Å². The molecule has 0 saturated carbocycles. The van der Waals surface area contributed by atoms with Crippen LogP contribution in [0.3, 0.4) is 0 Å². The maximum Gasteiger partial charge on any atom is 0.256 e. The number of hydrogen-bond acceptors (Lipinski definition) is 4. The van der Waals surface area contributed by atoms with Crippen LogP contribution in [-0.4, -0.2) is 10.3 Å². The van der Waals surface area contributed by atoms with Crippen LogP contribution in [0, 0.1) is 11.3 Å². The van der Waals surface area contributed by atoms with Crippen molar-refractivity contribution in [2.24, 2.45) is 0 Å². The topological polar surface area (TPSA) is 65.8 Å². The zero-order valence-electron chi connectivity index (χ0n) is 8.78. The van der Waals surface area contributed by atoms with Crippen LogP contribution in [0.1, 0.15) is 15.9 Å². The fraction of sp³-hybridized carbons (Fsp3) is 0. The second kappa shape index (κ2) is 5.36. The number of carbonyl (C=O) groups excluding carboxylic acids is 1. The molecular weight excluding hydrogens is 293 g/mol. The minimum atomic E-state index is -0.366. The van der Waals surface area contributed by atoms with E-state index in [0.717, 1.165) is 11.5 Å². The number of benzene rings is 1. The molecule has 0 aliphatic heterocycles. The van der Waals surface area contributed by atoms with E-state index in [9.17, 15) is 4.79 Å². The summed E-state index contributed by atoms with van der Waals surface area (Å²) >= 11 is 12.5. The van der Waals surface area contributed by atoms with Gasteiger partial charge in [-0.2, -0.15) is 9.64 Å². The third-order valence-electron chi connectivity index (χ3n) is 2.08. The first kappa shape index (κ1) is 12.8. The molecule has 4 nitrogen and oxygen atoms in total. The van der Waals surface area contributed by atoms with E-state index in [1.54, 1.807) is 18.2 Å². The molecule has 1 amide bonds. The Hall–Kier alpha value is -1.61. The van der Waals surface area contributed by atoms with Crippen LogP contribution >= 0.6 is 34.7 Å². The Kier molecular flexibility index (Phi) is 3.82. The zero-order chi connectivity index (χ0) is 13.1. The molecule has 0 atom stereocenters. The zero-order valence-corrected chi connectivity index (χ0v) is 11.1. The van der Waals surface area contributed by atoms with Gasteiger partial charge in [0.1, 0.15) is 16.6 Å². The van der Waals surface area contributed by atoms with Crippen molar-refractivity contribution in [3.05, 3.63) is 45.6 Å². The SMILES string of the molecule is N#Cc1c(Cl)nsc1NC(=O)c1cccc(Cl)c1. The highest BCUT2D eigenvalue weighted by Gasteiger charge is 2.15. The molecule has 0 fully saturated rings. The van der Waals surface area contributed by atoms with E-state index >= 15 is 0 Å². The van der Waals surface area contributed by atoms with E-state index in [-0.39, 0.29) is 16.6 Å². The maximum atomic E-state index is 11.9. The van der Waals surface area contributed by atoms with Crippen LogP contribution in [0.2, 0.25) is 10.2 Å². The number of carbonyl (C=O) groups is 1. The highest BCUT2D eigenvalue weighted by Crippen LogP contribution is 2.28. The largest absolute Gasteiger partial charge is 0.311 e. The molecule has 1 aromatic heterocycles. The Balaban J connectivity index is 2.25. The molecule has 0 aliphatic carbocycles. The number of anilines is 1. The molecule has 90 valence electrons. The number of hydrogen-bond donors (Lipinski definition) is 1. The molecule has 0 spiro atoms. The van der Waals surface area contributed by atoms with Crippen molar-refractivity contribution in [2.45, 2.75) is 0 Å². The molecule has 0 aliphatic rings. The average molecular weight is 298 g/mol. The van der Waals surface area contributed by atoms with Crippen molar-refractivity contribution >= 4 is 45.6 Å². The summed E-state index contributed by atoms with van der Waals surface area (Å²) in [7, 11) is 0. The van der Waals surface area contributed by atoms with E-state index in [2.05, 4.69) is 9.69 Å². The first-order chi connectivity index (χ1) is 8.61. The Labute approximate surface area is 117 Å². The van der Waals surface area contributed by atoms with Crippen molar-refractivity contribution < 1.29 is 4.79 Å². The number of nitrogens with zero attached hydrogens (tertiary/aromatic N) is 2. The van der Waals surface area contributed by atoms with Gasteiger partial charge in [0.2, 0.25) is 0 Å². The number of aromatic nitrogens is 1. The van der Waals surface area contributed by atoms with Gasteiger partial charge in [0, 0.05) is 10.6 Å². The van der Waals surface area contributed by atoms with Crippen molar-refractivity contribution in [1.29, 1.82) is 5.26 Å². The molecule has 1 heterocycles. The van der Waals surface area contributed by atoms with Gasteiger partial charge in [-0.25, -0.2) is 0 Å². The van der Waals surface area contributed by atoms with Crippen molar-refractivity contribution in [3.8, 4) is 6.07 Å². The summed E-state index contributed by atoms with van der Waals surface area (Å²) in [6.07, 6.45) is 0. The summed E-state index contributed by atoms with van der Waals surface area (Å²) in [4.78, 5) is 11.9. The summed E-state index contributed by atoms with van der Waals surface area (Å²) in [6.45, 7) is 0. The summed E-state index contributed by atoms with van der Waals surface area (Å²) in [5.74, 6) is -0.366. The van der Waals surface area contributed by atoms with E-state index < -0.39 is 0 Å². The fourth-order valence-electron chi connectivity index (χ4n) is 1.26. The normalized spacial score (nSPS) is 9.83. The lowest BCUT2D eigenvalue weighted by Gasteiger charge is -2.02. The summed E-state index contributed by atoms with van der Waals surface area (Å²) < 4.78 is 3.80. The lowest BCUT2D eigenvalue weighted by atomic mass is 10.2. The van der Waals surface area contributed by atoms with Gasteiger partial charge in [-0.05, 0) is 29.7 Å². The molecule has 0 saturated heterocycles. The highest BCUT2D eigenvalue weighted by atomic mass is 35.5.